The number of amides is 1. The van der Waals surface area contributed by atoms with Crippen molar-refractivity contribution in [1.82, 2.24) is 19.9 Å². The largest absolute Gasteiger partial charge is 0.483 e. The lowest BCUT2D eigenvalue weighted by molar-refractivity contribution is 0.100. The quantitative estimate of drug-likeness (QED) is 0.317. The summed E-state index contributed by atoms with van der Waals surface area (Å²) in [6, 6.07) is 6.34. The van der Waals surface area contributed by atoms with E-state index in [1.54, 1.807) is 6.20 Å². The van der Waals surface area contributed by atoms with E-state index in [1.807, 2.05) is 19.1 Å². The van der Waals surface area contributed by atoms with Gasteiger partial charge in [0.25, 0.3) is 0 Å². The minimum absolute atomic E-state index is 0.120. The first kappa shape index (κ1) is 23.9. The van der Waals surface area contributed by atoms with Crippen LogP contribution in [0.5, 0.6) is 11.6 Å². The highest BCUT2D eigenvalue weighted by molar-refractivity contribution is 7.22. The number of hydrogen-bond donors (Lipinski definition) is 1. The second-order valence-corrected chi connectivity index (χ2v) is 9.68. The zero-order chi connectivity index (χ0) is 26.4. The molecule has 0 saturated heterocycles. The highest BCUT2D eigenvalue weighted by atomic mass is 32.1. The molecule has 0 radical (unpaired) electrons. The van der Waals surface area contributed by atoms with Crippen LogP contribution in [0.2, 0.25) is 0 Å². The van der Waals surface area contributed by atoms with Gasteiger partial charge in [0.15, 0.2) is 11.6 Å². The number of rotatable bonds is 5. The molecular formula is C26H19F2N5O4S. The molecular weight excluding hydrogens is 516 g/mol. The zero-order valence-electron chi connectivity index (χ0n) is 20.1. The topological polar surface area (TPSA) is 108 Å². The molecule has 2 aromatic carbocycles. The van der Waals surface area contributed by atoms with Crippen LogP contribution in [-0.4, -0.2) is 45.8 Å². The number of carbonyl (C=O) groups excluding carboxylic acids is 1. The second-order valence-electron chi connectivity index (χ2n) is 8.69. The molecule has 1 aliphatic rings. The summed E-state index contributed by atoms with van der Waals surface area (Å²) in [6.07, 6.45) is 2.79. The number of aromatic nitrogens is 4. The molecule has 1 atom stereocenters. The number of nitrogens with one attached hydrogen (secondary N) is 1. The molecule has 0 spiro atoms. The standard InChI is InChI=1S/C26H19F2N5O4S/c1-12-3-16(22-19(4-12)32-21(35-2)10-30-22)25-33-20-7-18(28)23-17(24(20)38-25)6-15(37-23)11-36-26(34)31-14-5-13(27)8-29-9-14/h3-5,7-10,15H,6,11H2,1-2H3,(H,31,34). The summed E-state index contributed by atoms with van der Waals surface area (Å²) < 4.78 is 45.2. The fourth-order valence-corrected chi connectivity index (χ4v) is 5.46. The Morgan fingerprint density at radius 1 is 1.16 bits per heavy atom. The van der Waals surface area contributed by atoms with Crippen LogP contribution < -0.4 is 14.8 Å². The first-order valence-corrected chi connectivity index (χ1v) is 12.3. The van der Waals surface area contributed by atoms with Gasteiger partial charge in [-0.15, -0.1) is 11.3 Å². The van der Waals surface area contributed by atoms with E-state index in [9.17, 15) is 13.6 Å². The molecule has 1 unspecified atom stereocenters. The number of methoxy groups -OCH3 is 1. The number of ether oxygens (including phenoxy) is 3. The third kappa shape index (κ3) is 4.43. The summed E-state index contributed by atoms with van der Waals surface area (Å²) >= 11 is 1.41. The first-order chi connectivity index (χ1) is 18.4. The molecule has 6 rings (SSSR count). The third-order valence-corrected chi connectivity index (χ3v) is 7.12. The predicted octanol–water partition coefficient (Wildman–Crippen LogP) is 5.45. The lowest BCUT2D eigenvalue weighted by Crippen LogP contribution is -2.25. The lowest BCUT2D eigenvalue weighted by Gasteiger charge is -2.12. The maximum absolute atomic E-state index is 15.0. The van der Waals surface area contributed by atoms with Crippen molar-refractivity contribution in [2.75, 3.05) is 19.0 Å². The van der Waals surface area contributed by atoms with E-state index in [-0.39, 0.29) is 18.0 Å². The van der Waals surface area contributed by atoms with E-state index in [2.05, 4.69) is 20.3 Å². The second kappa shape index (κ2) is 9.45. The van der Waals surface area contributed by atoms with E-state index in [4.69, 9.17) is 19.2 Å². The lowest BCUT2D eigenvalue weighted by atomic mass is 10.1. The first-order valence-electron chi connectivity index (χ1n) is 11.5. The molecule has 1 aliphatic heterocycles. The van der Waals surface area contributed by atoms with Gasteiger partial charge < -0.3 is 14.2 Å². The Labute approximate surface area is 218 Å². The SMILES string of the molecule is COc1cnc2c(-c3nc4cc(F)c5c(c4s3)CC(COC(=O)Nc3cncc(F)c3)O5)cc(C)cc2n1. The maximum atomic E-state index is 15.0. The van der Waals surface area contributed by atoms with Gasteiger partial charge in [-0.1, -0.05) is 0 Å². The van der Waals surface area contributed by atoms with Crippen molar-refractivity contribution in [3.63, 3.8) is 0 Å². The molecule has 0 fully saturated rings. The Kier molecular flexibility index (Phi) is 5.95. The summed E-state index contributed by atoms with van der Waals surface area (Å²) in [7, 11) is 1.53. The molecule has 0 aliphatic carbocycles. The Morgan fingerprint density at radius 3 is 2.84 bits per heavy atom. The molecule has 192 valence electrons. The predicted molar refractivity (Wildman–Crippen MR) is 137 cm³/mol. The average molecular weight is 536 g/mol. The molecule has 0 saturated carbocycles. The fourth-order valence-electron chi connectivity index (χ4n) is 4.35. The van der Waals surface area contributed by atoms with Crippen LogP contribution in [0, 0.1) is 18.6 Å². The van der Waals surface area contributed by atoms with Crippen molar-refractivity contribution in [2.24, 2.45) is 0 Å². The van der Waals surface area contributed by atoms with Crippen molar-refractivity contribution in [3.05, 3.63) is 65.6 Å². The normalized spacial score (nSPS) is 14.4. The van der Waals surface area contributed by atoms with Crippen molar-refractivity contribution >= 4 is 44.4 Å². The minimum Gasteiger partial charge on any atom is -0.483 e. The number of carbonyl (C=O) groups is 1. The molecule has 0 bridgehead atoms. The van der Waals surface area contributed by atoms with Crippen LogP contribution >= 0.6 is 11.3 Å². The van der Waals surface area contributed by atoms with E-state index in [0.29, 0.717) is 39.4 Å². The van der Waals surface area contributed by atoms with Crippen molar-refractivity contribution < 1.29 is 27.8 Å². The summed E-state index contributed by atoms with van der Waals surface area (Å²) in [5, 5.41) is 3.07. The van der Waals surface area contributed by atoms with Crippen molar-refractivity contribution in [1.29, 1.82) is 0 Å². The van der Waals surface area contributed by atoms with Gasteiger partial charge in [-0.3, -0.25) is 10.3 Å². The summed E-state index contributed by atoms with van der Waals surface area (Å²) in [4.78, 5) is 29.5. The number of aryl methyl sites for hydroxylation is 1. The van der Waals surface area contributed by atoms with Crippen LogP contribution in [0.4, 0.5) is 19.3 Å². The van der Waals surface area contributed by atoms with Crippen LogP contribution in [0.25, 0.3) is 31.8 Å². The number of hydrogen-bond acceptors (Lipinski definition) is 9. The number of pyridine rings is 1. The van der Waals surface area contributed by atoms with Gasteiger partial charge in [-0.2, -0.15) is 0 Å². The van der Waals surface area contributed by atoms with Crippen molar-refractivity contribution in [3.8, 4) is 22.2 Å². The van der Waals surface area contributed by atoms with Crippen molar-refractivity contribution in [2.45, 2.75) is 19.4 Å². The van der Waals surface area contributed by atoms with E-state index < -0.39 is 23.8 Å². The summed E-state index contributed by atoms with van der Waals surface area (Å²) in [5.74, 6) is -0.605. The van der Waals surface area contributed by atoms with Gasteiger partial charge in [0.1, 0.15) is 23.5 Å². The minimum atomic E-state index is -0.799. The van der Waals surface area contributed by atoms with E-state index in [1.165, 1.54) is 30.7 Å². The Bertz CT molecular complexity index is 1730. The fraction of sp³-hybridized carbons (Fsp3) is 0.192. The molecule has 12 heteroatoms. The molecule has 3 aromatic heterocycles. The highest BCUT2D eigenvalue weighted by Crippen LogP contribution is 2.43. The average Bonchev–Trinajstić information content (AvgIpc) is 3.51. The Balaban J connectivity index is 1.26. The van der Waals surface area contributed by atoms with Crippen LogP contribution in [0.15, 0.2) is 42.9 Å². The van der Waals surface area contributed by atoms with E-state index >= 15 is 0 Å². The Hall–Kier alpha value is -4.45. The summed E-state index contributed by atoms with van der Waals surface area (Å²) in [5.41, 5.74) is 4.40. The van der Waals surface area contributed by atoms with Crippen LogP contribution in [0.1, 0.15) is 11.1 Å². The number of fused-ring (bicyclic) bond motifs is 4. The Morgan fingerprint density at radius 2 is 2.03 bits per heavy atom. The molecule has 38 heavy (non-hydrogen) atoms. The van der Waals surface area contributed by atoms with Gasteiger partial charge in [-0.25, -0.2) is 28.5 Å². The molecule has 9 nitrogen and oxygen atoms in total. The van der Waals surface area contributed by atoms with Crippen LogP contribution in [-0.2, 0) is 11.2 Å². The highest BCUT2D eigenvalue weighted by Gasteiger charge is 2.31. The van der Waals surface area contributed by atoms with Crippen LogP contribution in [0.3, 0.4) is 0 Å². The van der Waals surface area contributed by atoms with Gasteiger partial charge >= 0.3 is 6.09 Å². The smallest absolute Gasteiger partial charge is 0.411 e. The van der Waals surface area contributed by atoms with Gasteiger partial charge in [0.2, 0.25) is 5.88 Å². The third-order valence-electron chi connectivity index (χ3n) is 5.96. The number of anilines is 1. The van der Waals surface area contributed by atoms with Gasteiger partial charge in [0, 0.05) is 29.7 Å². The molecule has 5 aromatic rings. The van der Waals surface area contributed by atoms with E-state index in [0.717, 1.165) is 28.1 Å². The van der Waals surface area contributed by atoms with Gasteiger partial charge in [0.05, 0.1) is 52.6 Å². The number of benzene rings is 2. The molecule has 4 heterocycles. The summed E-state index contributed by atoms with van der Waals surface area (Å²) in [6.45, 7) is 1.82. The number of thiazole rings is 1. The molecule has 1 N–H and O–H groups in total. The zero-order valence-corrected chi connectivity index (χ0v) is 20.9. The monoisotopic (exact) mass is 535 g/mol. The molecule has 1 amide bonds. The number of nitrogens with zero attached hydrogens (tertiary/aromatic N) is 4. The number of halogens is 2. The van der Waals surface area contributed by atoms with Gasteiger partial charge in [-0.05, 0) is 24.6 Å². The maximum Gasteiger partial charge on any atom is 0.411 e.